The Labute approximate surface area is 248 Å². The molecular weight excluding hydrogens is 506 g/mol. The Bertz CT molecular complexity index is 1130. The highest BCUT2D eigenvalue weighted by Crippen LogP contribution is 2.63. The quantitative estimate of drug-likeness (QED) is 0.338. The molecular formula is C36H53N3O2. The molecule has 0 bridgehead atoms. The molecule has 0 saturated heterocycles. The van der Waals surface area contributed by atoms with Crippen molar-refractivity contribution in [2.45, 2.75) is 119 Å². The highest BCUT2D eigenvalue weighted by molar-refractivity contribution is 6.13. The van der Waals surface area contributed by atoms with Crippen LogP contribution >= 0.6 is 0 Å². The Morgan fingerprint density at radius 2 is 1.17 bits per heavy atom. The lowest BCUT2D eigenvalue weighted by Gasteiger charge is -2.58. The third-order valence-electron chi connectivity index (χ3n) is 12.6. The normalized spacial score (nSPS) is 36.1. The first kappa shape index (κ1) is 30.2. The highest BCUT2D eigenvalue weighted by Gasteiger charge is 2.55. The minimum Gasteiger partial charge on any atom is -0.274 e. The number of fused-ring (bicyclic) bond motifs is 2. The number of carbonyl (C=O) groups excluding carboxylic acids is 2. The number of hydrogen-bond acceptors (Lipinski definition) is 4. The van der Waals surface area contributed by atoms with Crippen LogP contribution in [0.1, 0.15) is 119 Å². The molecule has 224 valence electrons. The summed E-state index contributed by atoms with van der Waals surface area (Å²) in [5.74, 6) is 1.01. The van der Waals surface area contributed by atoms with Gasteiger partial charge in [-0.25, -0.2) is 14.9 Å². The van der Waals surface area contributed by atoms with Crippen LogP contribution in [0.5, 0.6) is 0 Å². The molecule has 5 rings (SSSR count). The minimum atomic E-state index is -0.190. The average molecular weight is 560 g/mol. The third kappa shape index (κ3) is 5.25. The SMILES string of the molecule is C=C1CC[C@H]2C(C)(C)CCC[C@]2(C)[C@H]1CC(=O)N(C(=O)C[C@H]1C(=C)CC[C@H]2C(C)(C)CCC[C@]12C)c1ncccn1. The molecule has 1 heterocycles. The smallest absolute Gasteiger partial charge is 0.239 e. The standard InChI is InChI=1S/C36H53N3O2/c1-24-12-14-28-33(3,4)16-9-18-35(28,7)26(24)22-30(40)39(32-37-20-11-21-38-32)31(41)23-27-25(2)13-15-29-34(5,6)17-10-19-36(27,29)8/h11,20-21,26-29H,1-2,9-10,12-19,22-23H2,3-8H3/t26-,27-,28-,29-,35+,36+/m0/s1. The molecule has 4 aliphatic carbocycles. The van der Waals surface area contributed by atoms with E-state index < -0.39 is 0 Å². The molecule has 1 aromatic heterocycles. The average Bonchev–Trinajstić information content (AvgIpc) is 2.88. The Morgan fingerprint density at radius 3 is 1.59 bits per heavy atom. The molecule has 5 nitrogen and oxygen atoms in total. The molecule has 0 unspecified atom stereocenters. The molecule has 4 aliphatic rings. The maximum atomic E-state index is 14.3. The van der Waals surface area contributed by atoms with Crippen molar-refractivity contribution in [3.05, 3.63) is 42.8 Å². The lowest BCUT2D eigenvalue weighted by molar-refractivity contribution is -0.131. The summed E-state index contributed by atoms with van der Waals surface area (Å²) in [6.07, 6.45) is 15.0. The van der Waals surface area contributed by atoms with Crippen LogP contribution < -0.4 is 4.90 Å². The maximum absolute atomic E-state index is 14.3. The van der Waals surface area contributed by atoms with Gasteiger partial charge in [-0.1, -0.05) is 78.7 Å². The second kappa shape index (κ2) is 10.8. The van der Waals surface area contributed by atoms with E-state index in [1.807, 2.05) is 0 Å². The fraction of sp³-hybridized carbons (Fsp3) is 0.722. The first-order valence-electron chi connectivity index (χ1n) is 16.2. The minimum absolute atomic E-state index is 0.00500. The van der Waals surface area contributed by atoms with E-state index in [9.17, 15) is 9.59 Å². The molecule has 6 atom stereocenters. The zero-order valence-corrected chi connectivity index (χ0v) is 26.6. The topological polar surface area (TPSA) is 63.2 Å². The molecule has 0 N–H and O–H groups in total. The second-order valence-corrected chi connectivity index (χ2v) is 15.9. The lowest BCUT2D eigenvalue weighted by atomic mass is 9.47. The van der Waals surface area contributed by atoms with Crippen LogP contribution in [0.15, 0.2) is 42.8 Å². The van der Waals surface area contributed by atoms with E-state index in [1.54, 1.807) is 18.5 Å². The van der Waals surface area contributed by atoms with Crippen molar-refractivity contribution >= 4 is 17.8 Å². The summed E-state index contributed by atoms with van der Waals surface area (Å²) in [5.41, 5.74) is 2.83. The van der Waals surface area contributed by atoms with Crippen molar-refractivity contribution in [2.75, 3.05) is 4.90 Å². The summed E-state index contributed by atoms with van der Waals surface area (Å²) in [6, 6.07) is 1.73. The number of amides is 2. The molecule has 4 saturated carbocycles. The fourth-order valence-corrected chi connectivity index (χ4v) is 10.6. The summed E-state index contributed by atoms with van der Waals surface area (Å²) in [7, 11) is 0. The van der Waals surface area contributed by atoms with E-state index in [-0.39, 0.29) is 64.1 Å². The zero-order chi connectivity index (χ0) is 29.8. The molecule has 0 spiro atoms. The Morgan fingerprint density at radius 1 is 0.756 bits per heavy atom. The van der Waals surface area contributed by atoms with E-state index in [0.29, 0.717) is 11.8 Å². The van der Waals surface area contributed by atoms with Gasteiger partial charge in [-0.3, -0.25) is 9.59 Å². The molecule has 0 aliphatic heterocycles. The van der Waals surface area contributed by atoms with Crippen molar-refractivity contribution in [3.8, 4) is 0 Å². The molecule has 41 heavy (non-hydrogen) atoms. The molecule has 4 fully saturated rings. The lowest BCUT2D eigenvalue weighted by Crippen LogP contribution is -2.52. The van der Waals surface area contributed by atoms with E-state index in [1.165, 1.54) is 30.6 Å². The van der Waals surface area contributed by atoms with Crippen molar-refractivity contribution in [2.24, 2.45) is 45.3 Å². The summed E-state index contributed by atoms with van der Waals surface area (Å²) in [6.45, 7) is 23.3. The van der Waals surface area contributed by atoms with Crippen LogP contribution in [-0.2, 0) is 9.59 Å². The van der Waals surface area contributed by atoms with Crippen molar-refractivity contribution in [1.82, 2.24) is 9.97 Å². The van der Waals surface area contributed by atoms with Crippen molar-refractivity contribution < 1.29 is 9.59 Å². The number of aromatic nitrogens is 2. The molecule has 1 aromatic rings. The van der Waals surface area contributed by atoms with Crippen LogP contribution in [0.3, 0.4) is 0 Å². The van der Waals surface area contributed by atoms with Crippen LogP contribution in [-0.4, -0.2) is 21.8 Å². The number of rotatable bonds is 5. The van der Waals surface area contributed by atoms with Crippen LogP contribution in [0, 0.1) is 45.3 Å². The predicted octanol–water partition coefficient (Wildman–Crippen LogP) is 8.71. The monoisotopic (exact) mass is 559 g/mol. The van der Waals surface area contributed by atoms with Gasteiger partial charge in [0.25, 0.3) is 0 Å². The van der Waals surface area contributed by atoms with Crippen LogP contribution in [0.2, 0.25) is 0 Å². The first-order valence-corrected chi connectivity index (χ1v) is 16.2. The van der Waals surface area contributed by atoms with E-state index in [4.69, 9.17) is 0 Å². The number of nitrogens with zero attached hydrogens (tertiary/aromatic N) is 3. The van der Waals surface area contributed by atoms with Gasteiger partial charge in [0.05, 0.1) is 0 Å². The summed E-state index contributed by atoms with van der Waals surface area (Å²) < 4.78 is 0. The van der Waals surface area contributed by atoms with E-state index in [2.05, 4.69) is 64.7 Å². The van der Waals surface area contributed by atoms with Gasteiger partial charge in [0, 0.05) is 25.2 Å². The largest absolute Gasteiger partial charge is 0.274 e. The van der Waals surface area contributed by atoms with E-state index >= 15 is 0 Å². The number of hydrogen-bond donors (Lipinski definition) is 0. The van der Waals surface area contributed by atoms with Crippen molar-refractivity contribution in [1.29, 1.82) is 0 Å². The summed E-state index contributed by atoms with van der Waals surface area (Å²) >= 11 is 0. The summed E-state index contributed by atoms with van der Waals surface area (Å²) in [4.78, 5) is 38.8. The van der Waals surface area contributed by atoms with E-state index in [0.717, 1.165) is 49.7 Å². The third-order valence-corrected chi connectivity index (χ3v) is 12.6. The second-order valence-electron chi connectivity index (χ2n) is 15.9. The number of allylic oxidation sites excluding steroid dienone is 2. The predicted molar refractivity (Wildman–Crippen MR) is 166 cm³/mol. The van der Waals surface area contributed by atoms with Gasteiger partial charge in [0.2, 0.25) is 17.8 Å². The van der Waals surface area contributed by atoms with Gasteiger partial charge in [-0.05, 0) is 103 Å². The summed E-state index contributed by atoms with van der Waals surface area (Å²) in [5, 5.41) is 0. The number of anilines is 1. The Kier molecular flexibility index (Phi) is 7.92. The molecule has 2 amide bonds. The fourth-order valence-electron chi connectivity index (χ4n) is 10.6. The van der Waals surface area contributed by atoms with Gasteiger partial charge in [-0.15, -0.1) is 0 Å². The molecule has 0 aromatic carbocycles. The van der Waals surface area contributed by atoms with Gasteiger partial charge in [0.1, 0.15) is 0 Å². The van der Waals surface area contributed by atoms with Crippen LogP contribution in [0.4, 0.5) is 5.95 Å². The first-order chi connectivity index (χ1) is 19.2. The Balaban J connectivity index is 1.44. The molecule has 5 heteroatoms. The number of imide groups is 1. The maximum Gasteiger partial charge on any atom is 0.239 e. The van der Waals surface area contributed by atoms with Gasteiger partial charge in [-0.2, -0.15) is 0 Å². The highest BCUT2D eigenvalue weighted by atomic mass is 16.2. The van der Waals surface area contributed by atoms with Gasteiger partial charge >= 0.3 is 0 Å². The molecule has 0 radical (unpaired) electrons. The van der Waals surface area contributed by atoms with Gasteiger partial charge < -0.3 is 0 Å². The van der Waals surface area contributed by atoms with Crippen molar-refractivity contribution in [3.63, 3.8) is 0 Å². The zero-order valence-electron chi connectivity index (χ0n) is 26.6. The Hall–Kier alpha value is -2.30. The van der Waals surface area contributed by atoms with Gasteiger partial charge in [0.15, 0.2) is 0 Å². The number of carbonyl (C=O) groups is 2. The van der Waals surface area contributed by atoms with Crippen LogP contribution in [0.25, 0.3) is 0 Å².